The van der Waals surface area contributed by atoms with E-state index in [2.05, 4.69) is 11.7 Å². The van der Waals surface area contributed by atoms with Gasteiger partial charge in [0.15, 0.2) is 0 Å². The van der Waals surface area contributed by atoms with Gasteiger partial charge in [-0.1, -0.05) is 35.4 Å². The first-order valence-electron chi connectivity index (χ1n) is 5.70. The standard InChI is InChI=1S/C12H15Cl2N3O2/c1-4-16(6-8(2)3)10(18)7-17-12(19)11(14)9(13)5-15-17/h5H,2,4,6-7H2,1,3H3. The first kappa shape index (κ1) is 15.7. The number of nitrogens with zero attached hydrogens (tertiary/aromatic N) is 3. The normalized spacial score (nSPS) is 10.3. The zero-order valence-electron chi connectivity index (χ0n) is 10.8. The molecule has 1 rings (SSSR count). The molecular weight excluding hydrogens is 289 g/mol. The van der Waals surface area contributed by atoms with Crippen molar-refractivity contribution in [1.29, 1.82) is 0 Å². The average Bonchev–Trinajstić information content (AvgIpc) is 2.36. The number of rotatable bonds is 5. The van der Waals surface area contributed by atoms with Gasteiger partial charge in [-0.25, -0.2) is 4.68 Å². The third-order valence-corrected chi connectivity index (χ3v) is 3.17. The molecule has 19 heavy (non-hydrogen) atoms. The molecule has 0 atom stereocenters. The lowest BCUT2D eigenvalue weighted by Gasteiger charge is -2.21. The molecule has 0 radical (unpaired) electrons. The van der Waals surface area contributed by atoms with Gasteiger partial charge in [0.2, 0.25) is 5.91 Å². The molecule has 1 aromatic rings. The van der Waals surface area contributed by atoms with E-state index in [4.69, 9.17) is 23.2 Å². The fraction of sp³-hybridized carbons (Fsp3) is 0.417. The Labute approximate surface area is 121 Å². The highest BCUT2D eigenvalue weighted by atomic mass is 35.5. The van der Waals surface area contributed by atoms with Crippen LogP contribution >= 0.6 is 23.2 Å². The Morgan fingerprint density at radius 2 is 2.16 bits per heavy atom. The molecule has 1 heterocycles. The summed E-state index contributed by atoms with van der Waals surface area (Å²) < 4.78 is 0.998. The minimum absolute atomic E-state index is 0.0737. The molecule has 104 valence electrons. The van der Waals surface area contributed by atoms with Gasteiger partial charge < -0.3 is 4.90 Å². The molecule has 0 N–H and O–H groups in total. The summed E-state index contributed by atoms with van der Waals surface area (Å²) in [6.07, 6.45) is 1.24. The van der Waals surface area contributed by atoms with E-state index in [1.54, 1.807) is 4.90 Å². The van der Waals surface area contributed by atoms with Gasteiger partial charge >= 0.3 is 0 Å². The van der Waals surface area contributed by atoms with E-state index in [1.165, 1.54) is 6.20 Å². The Morgan fingerprint density at radius 3 is 2.68 bits per heavy atom. The van der Waals surface area contributed by atoms with Crippen molar-refractivity contribution in [2.45, 2.75) is 20.4 Å². The van der Waals surface area contributed by atoms with E-state index in [9.17, 15) is 9.59 Å². The molecule has 5 nitrogen and oxygen atoms in total. The topological polar surface area (TPSA) is 55.2 Å². The summed E-state index contributed by atoms with van der Waals surface area (Å²) in [6.45, 7) is 8.25. The molecule has 0 aliphatic rings. The molecule has 0 fully saturated rings. The fourth-order valence-corrected chi connectivity index (χ4v) is 1.76. The third kappa shape index (κ3) is 4.08. The van der Waals surface area contributed by atoms with Crippen molar-refractivity contribution in [2.24, 2.45) is 0 Å². The van der Waals surface area contributed by atoms with Crippen LogP contribution in [0.25, 0.3) is 0 Å². The maximum Gasteiger partial charge on any atom is 0.287 e. The van der Waals surface area contributed by atoms with Crippen LogP contribution < -0.4 is 5.56 Å². The smallest absolute Gasteiger partial charge is 0.287 e. The number of halogens is 2. The number of amides is 1. The molecule has 0 aliphatic heterocycles. The summed E-state index contributed by atoms with van der Waals surface area (Å²) in [4.78, 5) is 25.4. The zero-order chi connectivity index (χ0) is 14.6. The van der Waals surface area contributed by atoms with Crippen LogP contribution in [0.3, 0.4) is 0 Å². The molecular formula is C12H15Cl2N3O2. The Hall–Kier alpha value is -1.33. The van der Waals surface area contributed by atoms with Crippen LogP contribution in [0.5, 0.6) is 0 Å². The molecule has 1 amide bonds. The van der Waals surface area contributed by atoms with E-state index < -0.39 is 5.56 Å². The minimum Gasteiger partial charge on any atom is -0.337 e. The molecule has 0 saturated heterocycles. The van der Waals surface area contributed by atoms with Gasteiger partial charge in [0, 0.05) is 13.1 Å². The number of carbonyl (C=O) groups excluding carboxylic acids is 1. The van der Waals surface area contributed by atoms with Crippen LogP contribution in [0, 0.1) is 0 Å². The second-order valence-electron chi connectivity index (χ2n) is 4.13. The first-order valence-corrected chi connectivity index (χ1v) is 6.45. The lowest BCUT2D eigenvalue weighted by Crippen LogP contribution is -2.38. The summed E-state index contributed by atoms with van der Waals surface area (Å²) in [5, 5.41) is 3.73. The van der Waals surface area contributed by atoms with Gasteiger partial charge in [0.05, 0.1) is 11.2 Å². The van der Waals surface area contributed by atoms with E-state index >= 15 is 0 Å². The Morgan fingerprint density at radius 1 is 1.53 bits per heavy atom. The molecule has 7 heteroatoms. The van der Waals surface area contributed by atoms with Gasteiger partial charge in [-0.2, -0.15) is 5.10 Å². The lowest BCUT2D eigenvalue weighted by molar-refractivity contribution is -0.131. The maximum absolute atomic E-state index is 12.0. The monoisotopic (exact) mass is 303 g/mol. The SMILES string of the molecule is C=C(C)CN(CC)C(=O)Cn1ncc(Cl)c(Cl)c1=O. The number of hydrogen-bond acceptors (Lipinski definition) is 3. The summed E-state index contributed by atoms with van der Waals surface area (Å²) in [5.41, 5.74) is 0.290. The second kappa shape index (κ2) is 6.73. The lowest BCUT2D eigenvalue weighted by atomic mass is 10.3. The van der Waals surface area contributed by atoms with Crippen LogP contribution in [0.2, 0.25) is 10.0 Å². The number of aromatic nitrogens is 2. The first-order chi connectivity index (χ1) is 8.86. The minimum atomic E-state index is -0.575. The van der Waals surface area contributed by atoms with Crippen LogP contribution in [0.1, 0.15) is 13.8 Å². The second-order valence-corrected chi connectivity index (χ2v) is 4.92. The van der Waals surface area contributed by atoms with Gasteiger partial charge in [-0.3, -0.25) is 9.59 Å². The van der Waals surface area contributed by atoms with E-state index in [1.807, 2.05) is 13.8 Å². The summed E-state index contributed by atoms with van der Waals surface area (Å²) in [5.74, 6) is -0.224. The van der Waals surface area contributed by atoms with Gasteiger partial charge in [0.1, 0.15) is 11.6 Å². The third-order valence-electron chi connectivity index (χ3n) is 2.42. The molecule has 0 bridgehead atoms. The summed E-state index contributed by atoms with van der Waals surface area (Å²) >= 11 is 11.4. The van der Waals surface area contributed by atoms with Crippen LogP contribution in [0.15, 0.2) is 23.1 Å². The van der Waals surface area contributed by atoms with Crippen molar-refractivity contribution in [2.75, 3.05) is 13.1 Å². The van der Waals surface area contributed by atoms with Crippen LogP contribution in [-0.2, 0) is 11.3 Å². The molecule has 0 saturated carbocycles. The van der Waals surface area contributed by atoms with Crippen molar-refractivity contribution in [1.82, 2.24) is 14.7 Å². The molecule has 0 aromatic carbocycles. The Balaban J connectivity index is 2.90. The maximum atomic E-state index is 12.0. The zero-order valence-corrected chi connectivity index (χ0v) is 12.3. The van der Waals surface area contributed by atoms with E-state index in [-0.39, 0.29) is 22.5 Å². The molecule has 0 spiro atoms. The predicted octanol–water partition coefficient (Wildman–Crippen LogP) is 1.97. The van der Waals surface area contributed by atoms with Gasteiger partial charge in [-0.15, -0.1) is 0 Å². The van der Waals surface area contributed by atoms with Crippen LogP contribution in [-0.4, -0.2) is 33.7 Å². The highest BCUT2D eigenvalue weighted by Gasteiger charge is 2.15. The Kier molecular flexibility index (Phi) is 5.57. The van der Waals surface area contributed by atoms with Gasteiger partial charge in [-0.05, 0) is 13.8 Å². The van der Waals surface area contributed by atoms with Crippen molar-refractivity contribution in [3.8, 4) is 0 Å². The van der Waals surface area contributed by atoms with Crippen molar-refractivity contribution >= 4 is 29.1 Å². The highest BCUT2D eigenvalue weighted by molar-refractivity contribution is 6.41. The number of carbonyl (C=O) groups is 1. The average molecular weight is 304 g/mol. The summed E-state index contributed by atoms with van der Waals surface area (Å²) in [7, 11) is 0. The van der Waals surface area contributed by atoms with Crippen LogP contribution in [0.4, 0.5) is 0 Å². The fourth-order valence-electron chi connectivity index (χ4n) is 1.49. The molecule has 1 aromatic heterocycles. The molecule has 0 aliphatic carbocycles. The predicted molar refractivity (Wildman–Crippen MR) is 75.6 cm³/mol. The molecule has 0 unspecified atom stereocenters. The number of likely N-dealkylation sites (N-methyl/N-ethyl adjacent to an activating group) is 1. The Bertz CT molecular complexity index is 554. The number of hydrogen-bond donors (Lipinski definition) is 0. The largest absolute Gasteiger partial charge is 0.337 e. The quantitative estimate of drug-likeness (QED) is 0.782. The van der Waals surface area contributed by atoms with Crippen molar-refractivity contribution < 1.29 is 4.79 Å². The van der Waals surface area contributed by atoms with Crippen molar-refractivity contribution in [3.05, 3.63) is 38.7 Å². The van der Waals surface area contributed by atoms with E-state index in [0.717, 1.165) is 10.3 Å². The van der Waals surface area contributed by atoms with Crippen molar-refractivity contribution in [3.63, 3.8) is 0 Å². The van der Waals surface area contributed by atoms with E-state index in [0.29, 0.717) is 13.1 Å². The highest BCUT2D eigenvalue weighted by Crippen LogP contribution is 2.14. The van der Waals surface area contributed by atoms with Gasteiger partial charge in [0.25, 0.3) is 5.56 Å². The summed E-state index contributed by atoms with van der Waals surface area (Å²) in [6, 6.07) is 0.